The lowest BCUT2D eigenvalue weighted by Crippen LogP contribution is -2.13. The van der Waals surface area contributed by atoms with E-state index < -0.39 is 0 Å². The van der Waals surface area contributed by atoms with Crippen molar-refractivity contribution < 1.29 is 0 Å². The van der Waals surface area contributed by atoms with Gasteiger partial charge in [0.05, 0.1) is 17.8 Å². The number of hydrogen-bond acceptors (Lipinski definition) is 4. The molecular formula is C19H21N5. The van der Waals surface area contributed by atoms with Crippen LogP contribution in [0.5, 0.6) is 0 Å². The van der Waals surface area contributed by atoms with Gasteiger partial charge >= 0.3 is 0 Å². The first-order valence-corrected chi connectivity index (χ1v) is 8.42. The van der Waals surface area contributed by atoms with Crippen LogP contribution < -0.4 is 5.32 Å². The molecule has 122 valence electrons. The van der Waals surface area contributed by atoms with Crippen molar-refractivity contribution in [2.24, 2.45) is 4.99 Å². The summed E-state index contributed by atoms with van der Waals surface area (Å²) >= 11 is 0. The van der Waals surface area contributed by atoms with Gasteiger partial charge in [-0.25, -0.2) is 0 Å². The molecule has 0 saturated carbocycles. The Balaban J connectivity index is 1.68. The lowest BCUT2D eigenvalue weighted by atomic mass is 10.1. The maximum Gasteiger partial charge on any atom is 0.152 e. The molecule has 1 N–H and O–H groups in total. The normalized spacial score (nSPS) is 14.5. The monoisotopic (exact) mass is 319 g/mol. The number of anilines is 1. The Morgan fingerprint density at radius 1 is 1.29 bits per heavy atom. The maximum atomic E-state index is 4.72. The van der Waals surface area contributed by atoms with Crippen LogP contribution in [-0.4, -0.2) is 20.6 Å². The SMILES string of the molecule is CCC(C)n1nc(C)c2cc(NC3=NCc4cccnc43)ccc21. The standard InChI is InChI=1S/C19H21N5/c1-4-12(2)24-17-8-7-15(10-16(17)13(3)23-24)22-19-18-14(11-21-19)6-5-9-20-18/h5-10,12H,4,11H2,1-3H3,(H,21,22). The molecule has 0 saturated heterocycles. The van der Waals surface area contributed by atoms with Gasteiger partial charge in [-0.2, -0.15) is 5.10 Å². The van der Waals surface area contributed by atoms with Crippen LogP contribution in [0.15, 0.2) is 41.5 Å². The van der Waals surface area contributed by atoms with Crippen molar-refractivity contribution in [1.82, 2.24) is 14.8 Å². The van der Waals surface area contributed by atoms with E-state index in [4.69, 9.17) is 5.10 Å². The molecule has 5 nitrogen and oxygen atoms in total. The van der Waals surface area contributed by atoms with Crippen molar-refractivity contribution in [3.63, 3.8) is 0 Å². The Labute approximate surface area is 141 Å². The summed E-state index contributed by atoms with van der Waals surface area (Å²) in [5, 5.41) is 9.32. The van der Waals surface area contributed by atoms with Crippen LogP contribution in [0.3, 0.4) is 0 Å². The number of amidine groups is 1. The summed E-state index contributed by atoms with van der Waals surface area (Å²) in [6, 6.07) is 10.8. The number of fused-ring (bicyclic) bond motifs is 2. The van der Waals surface area contributed by atoms with Gasteiger partial charge in [0.2, 0.25) is 0 Å². The Morgan fingerprint density at radius 3 is 3.00 bits per heavy atom. The molecule has 1 atom stereocenters. The largest absolute Gasteiger partial charge is 0.339 e. The average molecular weight is 319 g/mol. The number of benzene rings is 1. The third-order valence-electron chi connectivity index (χ3n) is 4.69. The zero-order valence-corrected chi connectivity index (χ0v) is 14.2. The van der Waals surface area contributed by atoms with Crippen molar-refractivity contribution in [2.45, 2.75) is 39.8 Å². The summed E-state index contributed by atoms with van der Waals surface area (Å²) in [5.41, 5.74) is 5.37. The molecule has 0 spiro atoms. The third-order valence-corrected chi connectivity index (χ3v) is 4.69. The Morgan fingerprint density at radius 2 is 2.17 bits per heavy atom. The fraction of sp³-hybridized carbons (Fsp3) is 0.316. The molecule has 1 aliphatic rings. The molecule has 3 aromatic rings. The number of hydrogen-bond donors (Lipinski definition) is 1. The topological polar surface area (TPSA) is 55.1 Å². The molecule has 0 fully saturated rings. The minimum absolute atomic E-state index is 0.398. The Kier molecular flexibility index (Phi) is 3.56. The predicted molar refractivity (Wildman–Crippen MR) is 97.6 cm³/mol. The molecule has 0 bridgehead atoms. The molecule has 24 heavy (non-hydrogen) atoms. The molecule has 0 radical (unpaired) electrons. The number of rotatable bonds is 3. The molecule has 1 aromatic carbocycles. The summed E-state index contributed by atoms with van der Waals surface area (Å²) in [6.07, 6.45) is 2.88. The lowest BCUT2D eigenvalue weighted by molar-refractivity contribution is 0.490. The van der Waals surface area contributed by atoms with E-state index in [2.05, 4.69) is 65.0 Å². The maximum absolute atomic E-state index is 4.72. The van der Waals surface area contributed by atoms with Crippen molar-refractivity contribution in [3.05, 3.63) is 53.5 Å². The molecule has 4 rings (SSSR count). The van der Waals surface area contributed by atoms with Gasteiger partial charge in [-0.1, -0.05) is 13.0 Å². The van der Waals surface area contributed by atoms with Crippen molar-refractivity contribution in [1.29, 1.82) is 0 Å². The highest BCUT2D eigenvalue weighted by Gasteiger charge is 2.17. The Hall–Kier alpha value is -2.69. The van der Waals surface area contributed by atoms with Gasteiger partial charge in [0.25, 0.3) is 0 Å². The molecule has 0 amide bonds. The zero-order chi connectivity index (χ0) is 16.7. The van der Waals surface area contributed by atoms with E-state index in [1.54, 1.807) is 0 Å². The zero-order valence-electron chi connectivity index (χ0n) is 14.2. The Bertz CT molecular complexity index is 938. The van der Waals surface area contributed by atoms with E-state index in [1.165, 1.54) is 16.5 Å². The minimum Gasteiger partial charge on any atom is -0.339 e. The van der Waals surface area contributed by atoms with Gasteiger partial charge in [0.1, 0.15) is 5.69 Å². The van der Waals surface area contributed by atoms with Gasteiger partial charge in [0.15, 0.2) is 5.84 Å². The number of nitrogens with zero attached hydrogens (tertiary/aromatic N) is 4. The summed E-state index contributed by atoms with van der Waals surface area (Å²) in [5.74, 6) is 0.844. The van der Waals surface area contributed by atoms with Crippen molar-refractivity contribution in [2.75, 3.05) is 5.32 Å². The molecule has 5 heteroatoms. The molecule has 0 aliphatic carbocycles. The first-order chi connectivity index (χ1) is 11.7. The van der Waals surface area contributed by atoms with E-state index in [9.17, 15) is 0 Å². The van der Waals surface area contributed by atoms with Crippen LogP contribution in [-0.2, 0) is 6.54 Å². The van der Waals surface area contributed by atoms with E-state index in [0.29, 0.717) is 12.6 Å². The van der Waals surface area contributed by atoms with Crippen LogP contribution in [0, 0.1) is 6.92 Å². The van der Waals surface area contributed by atoms with Crippen LogP contribution in [0.4, 0.5) is 5.69 Å². The summed E-state index contributed by atoms with van der Waals surface area (Å²) in [4.78, 5) is 9.02. The number of nitrogens with one attached hydrogen (secondary N) is 1. The second-order valence-corrected chi connectivity index (χ2v) is 6.32. The van der Waals surface area contributed by atoms with E-state index >= 15 is 0 Å². The van der Waals surface area contributed by atoms with E-state index in [0.717, 1.165) is 29.3 Å². The van der Waals surface area contributed by atoms with Crippen molar-refractivity contribution in [3.8, 4) is 0 Å². The van der Waals surface area contributed by atoms with Crippen LogP contribution in [0.25, 0.3) is 10.9 Å². The molecule has 1 unspecified atom stereocenters. The second-order valence-electron chi connectivity index (χ2n) is 6.32. The fourth-order valence-corrected chi connectivity index (χ4v) is 3.14. The van der Waals surface area contributed by atoms with E-state index in [-0.39, 0.29) is 0 Å². The number of pyridine rings is 1. The highest BCUT2D eigenvalue weighted by molar-refractivity contribution is 6.09. The van der Waals surface area contributed by atoms with Crippen LogP contribution in [0.2, 0.25) is 0 Å². The highest BCUT2D eigenvalue weighted by Crippen LogP contribution is 2.27. The smallest absolute Gasteiger partial charge is 0.152 e. The fourth-order valence-electron chi connectivity index (χ4n) is 3.14. The molecular weight excluding hydrogens is 298 g/mol. The quantitative estimate of drug-likeness (QED) is 0.791. The van der Waals surface area contributed by atoms with Crippen molar-refractivity contribution >= 4 is 22.4 Å². The predicted octanol–water partition coefficient (Wildman–Crippen LogP) is 4.08. The van der Waals surface area contributed by atoms with Gasteiger partial charge in [-0.15, -0.1) is 0 Å². The number of aryl methyl sites for hydroxylation is 1. The molecule has 2 aromatic heterocycles. The first kappa shape index (κ1) is 14.9. The average Bonchev–Trinajstić information content (AvgIpc) is 3.16. The van der Waals surface area contributed by atoms with Gasteiger partial charge in [-0.3, -0.25) is 14.7 Å². The summed E-state index contributed by atoms with van der Waals surface area (Å²) in [6.45, 7) is 7.15. The molecule has 1 aliphatic heterocycles. The van der Waals surface area contributed by atoms with Gasteiger partial charge in [-0.05, 0) is 44.5 Å². The van der Waals surface area contributed by atoms with Crippen LogP contribution in [0.1, 0.15) is 43.3 Å². The van der Waals surface area contributed by atoms with Crippen LogP contribution >= 0.6 is 0 Å². The first-order valence-electron chi connectivity index (χ1n) is 8.42. The number of aliphatic imine (C=N–C) groups is 1. The summed E-state index contributed by atoms with van der Waals surface area (Å²) < 4.78 is 2.12. The van der Waals surface area contributed by atoms with E-state index in [1.807, 2.05) is 12.3 Å². The van der Waals surface area contributed by atoms with Gasteiger partial charge < -0.3 is 5.32 Å². The summed E-state index contributed by atoms with van der Waals surface area (Å²) in [7, 11) is 0. The molecule has 3 heterocycles. The minimum atomic E-state index is 0.398. The number of aromatic nitrogens is 3. The third kappa shape index (κ3) is 2.37. The lowest BCUT2D eigenvalue weighted by Gasteiger charge is -2.11. The highest BCUT2D eigenvalue weighted by atomic mass is 15.3. The van der Waals surface area contributed by atoms with Gasteiger partial charge in [0, 0.05) is 28.9 Å². The second kappa shape index (κ2) is 5.74.